The van der Waals surface area contributed by atoms with E-state index in [1.807, 2.05) is 12.1 Å². The standard InChI is InChI=1S/C27H24F2N4O/c1-18-25(5-4-12-30-18)33-26(31-24-10-8-21(28)16-22(24)27(33)34)11-7-20-15-19(6-9-23(20)29)17-32-13-2-3-14-32/h4-12,15-16H,2-3,13-14,17H2,1H3. The van der Waals surface area contributed by atoms with Crippen molar-refractivity contribution in [2.75, 3.05) is 13.1 Å². The molecule has 5 nitrogen and oxygen atoms in total. The Morgan fingerprint density at radius 3 is 2.65 bits per heavy atom. The molecule has 1 fully saturated rings. The average molecular weight is 459 g/mol. The van der Waals surface area contributed by atoms with Crippen LogP contribution < -0.4 is 5.56 Å². The van der Waals surface area contributed by atoms with Gasteiger partial charge >= 0.3 is 0 Å². The first-order valence-electron chi connectivity index (χ1n) is 11.3. The molecule has 5 rings (SSSR count). The van der Waals surface area contributed by atoms with E-state index in [2.05, 4.69) is 14.9 Å². The zero-order valence-electron chi connectivity index (χ0n) is 18.8. The lowest BCUT2D eigenvalue weighted by Gasteiger charge is -2.15. The summed E-state index contributed by atoms with van der Waals surface area (Å²) in [4.78, 5) is 24.6. The minimum absolute atomic E-state index is 0.166. The number of hydrogen-bond acceptors (Lipinski definition) is 4. The molecule has 172 valence electrons. The maximum atomic E-state index is 14.6. The van der Waals surface area contributed by atoms with Gasteiger partial charge in [0.2, 0.25) is 0 Å². The molecule has 0 saturated carbocycles. The minimum atomic E-state index is -0.513. The van der Waals surface area contributed by atoms with Gasteiger partial charge in [0.15, 0.2) is 0 Å². The number of halogens is 2. The molecule has 0 N–H and O–H groups in total. The van der Waals surface area contributed by atoms with Crippen molar-refractivity contribution in [3.8, 4) is 5.69 Å². The molecule has 34 heavy (non-hydrogen) atoms. The molecule has 0 unspecified atom stereocenters. The van der Waals surface area contributed by atoms with Crippen LogP contribution in [0.15, 0.2) is 59.5 Å². The summed E-state index contributed by atoms with van der Waals surface area (Å²) in [6.07, 6.45) is 7.26. The van der Waals surface area contributed by atoms with Crippen molar-refractivity contribution >= 4 is 23.1 Å². The third-order valence-electron chi connectivity index (χ3n) is 6.15. The summed E-state index contributed by atoms with van der Waals surface area (Å²) in [5, 5.41) is 0.166. The van der Waals surface area contributed by atoms with Crippen molar-refractivity contribution in [3.05, 3.63) is 99.4 Å². The number of aryl methyl sites for hydroxylation is 1. The summed E-state index contributed by atoms with van der Waals surface area (Å²) in [6.45, 7) is 4.68. The Morgan fingerprint density at radius 2 is 1.85 bits per heavy atom. The van der Waals surface area contributed by atoms with Crippen LogP contribution in [-0.4, -0.2) is 32.5 Å². The number of fused-ring (bicyclic) bond motifs is 1. The van der Waals surface area contributed by atoms with E-state index in [4.69, 9.17) is 0 Å². The van der Waals surface area contributed by atoms with Gasteiger partial charge in [-0.25, -0.2) is 13.8 Å². The van der Waals surface area contributed by atoms with Crippen LogP contribution in [0, 0.1) is 18.6 Å². The first kappa shape index (κ1) is 22.1. The molecule has 3 heterocycles. The fourth-order valence-electron chi connectivity index (χ4n) is 4.41. The predicted octanol–water partition coefficient (Wildman–Crippen LogP) is 5.13. The maximum absolute atomic E-state index is 14.6. The van der Waals surface area contributed by atoms with E-state index >= 15 is 0 Å². The second-order valence-electron chi connectivity index (χ2n) is 8.55. The quantitative estimate of drug-likeness (QED) is 0.416. The van der Waals surface area contributed by atoms with Crippen molar-refractivity contribution in [3.63, 3.8) is 0 Å². The fourth-order valence-corrected chi connectivity index (χ4v) is 4.41. The largest absolute Gasteiger partial charge is 0.299 e. The Bertz CT molecular complexity index is 1460. The number of pyridine rings is 1. The number of benzene rings is 2. The molecule has 2 aromatic carbocycles. The highest BCUT2D eigenvalue weighted by Crippen LogP contribution is 2.20. The van der Waals surface area contributed by atoms with E-state index in [-0.39, 0.29) is 11.2 Å². The van der Waals surface area contributed by atoms with Crippen LogP contribution in [0.3, 0.4) is 0 Å². The first-order valence-corrected chi connectivity index (χ1v) is 11.3. The summed E-state index contributed by atoms with van der Waals surface area (Å²) in [7, 11) is 0. The highest BCUT2D eigenvalue weighted by molar-refractivity contribution is 5.80. The number of hydrogen-bond donors (Lipinski definition) is 0. The van der Waals surface area contributed by atoms with Gasteiger partial charge in [-0.05, 0) is 93.0 Å². The Balaban J connectivity index is 1.61. The van der Waals surface area contributed by atoms with E-state index < -0.39 is 11.4 Å². The molecule has 0 radical (unpaired) electrons. The van der Waals surface area contributed by atoms with Gasteiger partial charge in [0.1, 0.15) is 17.5 Å². The molecule has 4 aromatic rings. The van der Waals surface area contributed by atoms with Crippen molar-refractivity contribution < 1.29 is 8.78 Å². The summed E-state index contributed by atoms with van der Waals surface area (Å²) in [5.74, 6) is -0.554. The topological polar surface area (TPSA) is 51.0 Å². The van der Waals surface area contributed by atoms with Gasteiger partial charge in [-0.3, -0.25) is 19.2 Å². The van der Waals surface area contributed by atoms with E-state index in [1.165, 1.54) is 41.7 Å². The zero-order chi connectivity index (χ0) is 23.7. The number of likely N-dealkylation sites (tertiary alicyclic amines) is 1. The molecule has 1 aliphatic heterocycles. The molecular formula is C27H24F2N4O. The molecule has 0 bridgehead atoms. The smallest absolute Gasteiger partial charge is 0.266 e. The molecule has 1 aliphatic rings. The third kappa shape index (κ3) is 4.39. The van der Waals surface area contributed by atoms with Gasteiger partial charge in [-0.2, -0.15) is 0 Å². The van der Waals surface area contributed by atoms with Crippen LogP contribution in [0.1, 0.15) is 35.5 Å². The summed E-state index contributed by atoms with van der Waals surface area (Å²) in [6, 6.07) is 12.5. The van der Waals surface area contributed by atoms with Crippen molar-refractivity contribution in [2.45, 2.75) is 26.3 Å². The van der Waals surface area contributed by atoms with Gasteiger partial charge in [-0.1, -0.05) is 6.07 Å². The Morgan fingerprint density at radius 1 is 1.03 bits per heavy atom. The van der Waals surface area contributed by atoms with Gasteiger partial charge in [-0.15, -0.1) is 0 Å². The number of rotatable bonds is 5. The summed E-state index contributed by atoms with van der Waals surface area (Å²) in [5.41, 5.74) is 2.56. The van der Waals surface area contributed by atoms with Gasteiger partial charge in [0.05, 0.1) is 22.3 Å². The fraction of sp³-hybridized carbons (Fsp3) is 0.222. The molecule has 0 atom stereocenters. The van der Waals surface area contributed by atoms with Crippen molar-refractivity contribution in [1.29, 1.82) is 0 Å². The van der Waals surface area contributed by atoms with Gasteiger partial charge in [0, 0.05) is 18.3 Å². The van der Waals surface area contributed by atoms with Crippen LogP contribution >= 0.6 is 0 Å². The van der Waals surface area contributed by atoms with Crippen molar-refractivity contribution in [2.24, 2.45) is 0 Å². The Hall–Kier alpha value is -3.71. The SMILES string of the molecule is Cc1ncccc1-n1c(C=Cc2cc(CN3CCCC3)ccc2F)nc2ccc(F)cc2c1=O. The molecular weight excluding hydrogens is 434 g/mol. The molecule has 2 aromatic heterocycles. The lowest BCUT2D eigenvalue weighted by Crippen LogP contribution is -2.23. The van der Waals surface area contributed by atoms with Gasteiger partial charge < -0.3 is 0 Å². The Kier molecular flexibility index (Phi) is 6.02. The van der Waals surface area contributed by atoms with Crippen LogP contribution in [-0.2, 0) is 6.54 Å². The van der Waals surface area contributed by atoms with Crippen LogP contribution in [0.25, 0.3) is 28.7 Å². The average Bonchev–Trinajstić information content (AvgIpc) is 3.34. The van der Waals surface area contributed by atoms with E-state index in [0.717, 1.165) is 25.2 Å². The highest BCUT2D eigenvalue weighted by atomic mass is 19.1. The lowest BCUT2D eigenvalue weighted by atomic mass is 10.1. The first-order chi connectivity index (χ1) is 16.5. The third-order valence-corrected chi connectivity index (χ3v) is 6.15. The van der Waals surface area contributed by atoms with Crippen molar-refractivity contribution in [1.82, 2.24) is 19.4 Å². The monoisotopic (exact) mass is 458 g/mol. The number of aromatic nitrogens is 3. The van der Waals surface area contributed by atoms with Gasteiger partial charge in [0.25, 0.3) is 5.56 Å². The molecule has 0 aliphatic carbocycles. The summed E-state index contributed by atoms with van der Waals surface area (Å²) < 4.78 is 29.9. The second-order valence-corrected chi connectivity index (χ2v) is 8.55. The maximum Gasteiger partial charge on any atom is 0.266 e. The normalized spacial score (nSPS) is 14.4. The number of nitrogens with zero attached hydrogens (tertiary/aromatic N) is 4. The minimum Gasteiger partial charge on any atom is -0.299 e. The molecule has 7 heteroatoms. The van der Waals surface area contributed by atoms with E-state index in [1.54, 1.807) is 37.4 Å². The van der Waals surface area contributed by atoms with Crippen LogP contribution in [0.4, 0.5) is 8.78 Å². The lowest BCUT2D eigenvalue weighted by molar-refractivity contribution is 0.331. The van der Waals surface area contributed by atoms with E-state index in [9.17, 15) is 13.6 Å². The summed E-state index contributed by atoms with van der Waals surface area (Å²) >= 11 is 0. The molecule has 0 spiro atoms. The van der Waals surface area contributed by atoms with Crippen LogP contribution in [0.2, 0.25) is 0 Å². The predicted molar refractivity (Wildman–Crippen MR) is 130 cm³/mol. The molecule has 0 amide bonds. The molecule has 1 saturated heterocycles. The zero-order valence-corrected chi connectivity index (χ0v) is 18.8. The Labute approximate surface area is 196 Å². The van der Waals surface area contributed by atoms with Crippen LogP contribution in [0.5, 0.6) is 0 Å². The highest BCUT2D eigenvalue weighted by Gasteiger charge is 2.15. The van der Waals surface area contributed by atoms with E-state index in [0.29, 0.717) is 28.3 Å². The second kappa shape index (κ2) is 9.27.